The lowest BCUT2D eigenvalue weighted by Crippen LogP contribution is -2.43. The van der Waals surface area contributed by atoms with Crippen molar-refractivity contribution in [1.82, 2.24) is 4.90 Å². The van der Waals surface area contributed by atoms with E-state index in [0.29, 0.717) is 12.1 Å². The number of likely N-dealkylation sites (N-methyl/N-ethyl adjacent to an activating group) is 1. The molecule has 1 aliphatic carbocycles. The maximum absolute atomic E-state index is 6.42. The van der Waals surface area contributed by atoms with E-state index in [0.717, 1.165) is 6.42 Å². The van der Waals surface area contributed by atoms with E-state index < -0.39 is 0 Å². The molecule has 19 heavy (non-hydrogen) atoms. The third-order valence-electron chi connectivity index (χ3n) is 4.55. The Hall–Kier alpha value is -0.380. The zero-order valence-corrected chi connectivity index (χ0v) is 13.2. The van der Waals surface area contributed by atoms with Crippen LogP contribution in [0.5, 0.6) is 0 Å². The van der Waals surface area contributed by atoms with Gasteiger partial charge in [-0.05, 0) is 37.8 Å². The molecule has 2 unspecified atom stereocenters. The topological polar surface area (TPSA) is 29.3 Å². The lowest BCUT2D eigenvalue weighted by Gasteiger charge is -2.37. The number of nitrogens with zero attached hydrogens (tertiary/aromatic N) is 1. The van der Waals surface area contributed by atoms with E-state index >= 15 is 0 Å². The normalized spacial score (nSPS) is 21.3. The fourth-order valence-corrected chi connectivity index (χ4v) is 4.24. The summed E-state index contributed by atoms with van der Waals surface area (Å²) in [6.45, 7) is 2.20. The van der Waals surface area contributed by atoms with E-state index in [1.807, 2.05) is 11.3 Å². The SMILES string of the molecule is CCC(N)C(c1cccs1)N(C)C1CCCCCC1. The van der Waals surface area contributed by atoms with Crippen LogP contribution in [-0.2, 0) is 0 Å². The van der Waals surface area contributed by atoms with Gasteiger partial charge in [0.2, 0.25) is 0 Å². The van der Waals surface area contributed by atoms with Crippen LogP contribution in [0.2, 0.25) is 0 Å². The molecule has 0 spiro atoms. The Balaban J connectivity index is 2.12. The van der Waals surface area contributed by atoms with Gasteiger partial charge in [-0.1, -0.05) is 38.7 Å². The van der Waals surface area contributed by atoms with Gasteiger partial charge in [0.05, 0.1) is 6.04 Å². The van der Waals surface area contributed by atoms with Gasteiger partial charge >= 0.3 is 0 Å². The summed E-state index contributed by atoms with van der Waals surface area (Å²) in [6.07, 6.45) is 9.31. The average molecular weight is 280 g/mol. The zero-order chi connectivity index (χ0) is 13.7. The summed E-state index contributed by atoms with van der Waals surface area (Å²) in [6, 6.07) is 5.75. The molecule has 108 valence electrons. The number of hydrogen-bond acceptors (Lipinski definition) is 3. The lowest BCUT2D eigenvalue weighted by molar-refractivity contribution is 0.137. The van der Waals surface area contributed by atoms with E-state index in [9.17, 15) is 0 Å². The predicted molar refractivity (Wildman–Crippen MR) is 84.6 cm³/mol. The van der Waals surface area contributed by atoms with Crippen LogP contribution in [0.15, 0.2) is 17.5 Å². The van der Waals surface area contributed by atoms with Gasteiger partial charge in [0.1, 0.15) is 0 Å². The molecule has 2 atom stereocenters. The summed E-state index contributed by atoms with van der Waals surface area (Å²) in [4.78, 5) is 4.01. The van der Waals surface area contributed by atoms with Gasteiger partial charge in [-0.15, -0.1) is 11.3 Å². The predicted octanol–water partition coefficient (Wildman–Crippen LogP) is 4.18. The first-order chi connectivity index (χ1) is 9.24. The minimum absolute atomic E-state index is 0.243. The van der Waals surface area contributed by atoms with Crippen molar-refractivity contribution >= 4 is 11.3 Å². The second-order valence-corrected chi connectivity index (χ2v) is 6.82. The third kappa shape index (κ3) is 3.80. The molecule has 1 fully saturated rings. The molecule has 3 heteroatoms. The molecule has 2 nitrogen and oxygen atoms in total. The number of hydrogen-bond donors (Lipinski definition) is 1. The molecule has 0 aromatic carbocycles. The van der Waals surface area contributed by atoms with Crippen LogP contribution >= 0.6 is 11.3 Å². The molecule has 0 bridgehead atoms. The molecule has 0 radical (unpaired) electrons. The highest BCUT2D eigenvalue weighted by Gasteiger charge is 2.29. The van der Waals surface area contributed by atoms with Crippen molar-refractivity contribution < 1.29 is 0 Å². The third-order valence-corrected chi connectivity index (χ3v) is 5.49. The first-order valence-electron chi connectivity index (χ1n) is 7.75. The summed E-state index contributed by atoms with van der Waals surface area (Å²) in [7, 11) is 2.29. The zero-order valence-electron chi connectivity index (χ0n) is 12.3. The molecule has 2 N–H and O–H groups in total. The second kappa shape index (κ2) is 7.41. The fourth-order valence-electron chi connectivity index (χ4n) is 3.29. The summed E-state index contributed by atoms with van der Waals surface area (Å²) < 4.78 is 0. The molecule has 1 saturated carbocycles. The molecular weight excluding hydrogens is 252 g/mol. The van der Waals surface area contributed by atoms with Gasteiger partial charge in [0, 0.05) is 17.0 Å². The largest absolute Gasteiger partial charge is 0.326 e. The van der Waals surface area contributed by atoms with E-state index in [4.69, 9.17) is 5.73 Å². The van der Waals surface area contributed by atoms with Gasteiger partial charge in [-0.3, -0.25) is 4.90 Å². The molecular formula is C16H28N2S. The fraction of sp³-hybridized carbons (Fsp3) is 0.750. The molecule has 1 heterocycles. The number of rotatable bonds is 5. The second-order valence-electron chi connectivity index (χ2n) is 5.84. The van der Waals surface area contributed by atoms with E-state index in [1.165, 1.54) is 43.4 Å². The van der Waals surface area contributed by atoms with Crippen LogP contribution in [-0.4, -0.2) is 24.0 Å². The first kappa shape index (κ1) is 15.0. The van der Waals surface area contributed by atoms with Gasteiger partial charge in [-0.25, -0.2) is 0 Å². The molecule has 0 aliphatic heterocycles. The summed E-state index contributed by atoms with van der Waals surface area (Å²) in [5.74, 6) is 0. The van der Waals surface area contributed by atoms with Crippen molar-refractivity contribution in [3.63, 3.8) is 0 Å². The highest BCUT2D eigenvalue weighted by atomic mass is 32.1. The molecule has 1 aromatic rings. The molecule has 1 aromatic heterocycles. The van der Waals surface area contributed by atoms with E-state index in [1.54, 1.807) is 0 Å². The van der Waals surface area contributed by atoms with Crippen LogP contribution in [0.1, 0.15) is 62.8 Å². The number of nitrogens with two attached hydrogens (primary N) is 1. The van der Waals surface area contributed by atoms with Crippen molar-refractivity contribution in [2.75, 3.05) is 7.05 Å². The quantitative estimate of drug-likeness (QED) is 0.820. The first-order valence-corrected chi connectivity index (χ1v) is 8.63. The highest BCUT2D eigenvalue weighted by molar-refractivity contribution is 7.10. The van der Waals surface area contributed by atoms with Crippen molar-refractivity contribution in [3.8, 4) is 0 Å². The minimum Gasteiger partial charge on any atom is -0.326 e. The van der Waals surface area contributed by atoms with Crippen molar-refractivity contribution in [1.29, 1.82) is 0 Å². The minimum atomic E-state index is 0.243. The van der Waals surface area contributed by atoms with Crippen molar-refractivity contribution in [3.05, 3.63) is 22.4 Å². The van der Waals surface area contributed by atoms with Crippen LogP contribution in [0, 0.1) is 0 Å². The van der Waals surface area contributed by atoms with Gasteiger partial charge < -0.3 is 5.73 Å². The summed E-state index contributed by atoms with van der Waals surface area (Å²) >= 11 is 1.85. The molecule has 2 rings (SSSR count). The Bertz CT molecular complexity index is 342. The van der Waals surface area contributed by atoms with Crippen LogP contribution < -0.4 is 5.73 Å². The van der Waals surface area contributed by atoms with Crippen LogP contribution in [0.25, 0.3) is 0 Å². The highest BCUT2D eigenvalue weighted by Crippen LogP contribution is 2.32. The van der Waals surface area contributed by atoms with Gasteiger partial charge in [-0.2, -0.15) is 0 Å². The van der Waals surface area contributed by atoms with Crippen LogP contribution in [0.3, 0.4) is 0 Å². The Kier molecular flexibility index (Phi) is 5.86. The van der Waals surface area contributed by atoms with E-state index in [-0.39, 0.29) is 6.04 Å². The van der Waals surface area contributed by atoms with Crippen LogP contribution in [0.4, 0.5) is 0 Å². The summed E-state index contributed by atoms with van der Waals surface area (Å²) in [5.41, 5.74) is 6.42. The average Bonchev–Trinajstić information content (AvgIpc) is 2.79. The van der Waals surface area contributed by atoms with Gasteiger partial charge in [0.25, 0.3) is 0 Å². The molecule has 0 saturated heterocycles. The maximum Gasteiger partial charge on any atom is 0.0593 e. The van der Waals surface area contributed by atoms with Crippen molar-refractivity contribution in [2.24, 2.45) is 5.73 Å². The smallest absolute Gasteiger partial charge is 0.0593 e. The standard InChI is InChI=1S/C16H28N2S/c1-3-14(17)16(15-11-8-12-19-15)18(2)13-9-6-4-5-7-10-13/h8,11-14,16H,3-7,9-10,17H2,1-2H3. The summed E-state index contributed by atoms with van der Waals surface area (Å²) in [5, 5.41) is 2.17. The Labute approximate surface area is 122 Å². The molecule has 0 amide bonds. The lowest BCUT2D eigenvalue weighted by atomic mass is 9.99. The Morgan fingerprint density at radius 1 is 1.32 bits per heavy atom. The maximum atomic E-state index is 6.42. The monoisotopic (exact) mass is 280 g/mol. The Morgan fingerprint density at radius 2 is 2.00 bits per heavy atom. The Morgan fingerprint density at radius 3 is 2.53 bits per heavy atom. The number of thiophene rings is 1. The van der Waals surface area contributed by atoms with Gasteiger partial charge in [0.15, 0.2) is 0 Å². The van der Waals surface area contributed by atoms with Crippen molar-refractivity contribution in [2.45, 2.75) is 70.0 Å². The van der Waals surface area contributed by atoms with E-state index in [2.05, 4.69) is 36.4 Å². The molecule has 1 aliphatic rings.